The number of hydrogen-bond donors (Lipinski definition) is 3. The Hall–Kier alpha value is -2.15. The van der Waals surface area contributed by atoms with E-state index in [9.17, 15) is 4.79 Å². The number of guanidine groups is 1. The van der Waals surface area contributed by atoms with Gasteiger partial charge in [0.25, 0.3) is 0 Å². The van der Waals surface area contributed by atoms with Crippen LogP contribution in [0.15, 0.2) is 29.4 Å². The second-order valence-electron chi connectivity index (χ2n) is 3.16. The first kappa shape index (κ1) is 12.9. The van der Waals surface area contributed by atoms with Gasteiger partial charge in [-0.2, -0.15) is 4.99 Å². The lowest BCUT2D eigenvalue weighted by atomic mass is 10.5. The van der Waals surface area contributed by atoms with Crippen molar-refractivity contribution in [1.29, 1.82) is 0 Å². The van der Waals surface area contributed by atoms with Crippen molar-refractivity contribution in [3.63, 3.8) is 0 Å². The Bertz CT molecular complexity index is 393. The third kappa shape index (κ3) is 4.94. The maximum absolute atomic E-state index is 11.3. The molecule has 7 nitrogen and oxygen atoms in total. The first-order chi connectivity index (χ1) is 8.11. The van der Waals surface area contributed by atoms with E-state index in [4.69, 9.17) is 10.5 Å². The van der Waals surface area contributed by atoms with Gasteiger partial charge in [-0.05, 0) is 19.1 Å². The van der Waals surface area contributed by atoms with Gasteiger partial charge in [0.15, 0.2) is 5.82 Å². The van der Waals surface area contributed by atoms with E-state index in [1.54, 1.807) is 31.3 Å². The molecule has 1 aromatic heterocycles. The van der Waals surface area contributed by atoms with Gasteiger partial charge in [-0.15, -0.1) is 0 Å². The number of methoxy groups -OCH3 is 1. The van der Waals surface area contributed by atoms with E-state index >= 15 is 0 Å². The van der Waals surface area contributed by atoms with Gasteiger partial charge in [-0.3, -0.25) is 5.32 Å². The Balaban J connectivity index is 2.52. The zero-order valence-corrected chi connectivity index (χ0v) is 9.68. The highest BCUT2D eigenvalue weighted by Gasteiger charge is 2.06. The number of pyridine rings is 1. The van der Waals surface area contributed by atoms with E-state index in [1.807, 2.05) is 0 Å². The number of aromatic nitrogens is 1. The van der Waals surface area contributed by atoms with Gasteiger partial charge >= 0.3 is 6.03 Å². The van der Waals surface area contributed by atoms with Crippen LogP contribution in [0.25, 0.3) is 0 Å². The Morgan fingerprint density at radius 2 is 2.35 bits per heavy atom. The molecule has 0 aliphatic rings. The summed E-state index contributed by atoms with van der Waals surface area (Å²) in [5.74, 6) is 0.384. The molecule has 92 valence electrons. The molecule has 2 amide bonds. The van der Waals surface area contributed by atoms with E-state index in [0.29, 0.717) is 5.82 Å². The predicted molar refractivity (Wildman–Crippen MR) is 63.7 cm³/mol. The van der Waals surface area contributed by atoms with E-state index in [-0.39, 0.29) is 5.96 Å². The molecule has 0 fully saturated rings. The molecule has 0 aliphatic carbocycles. The average molecular weight is 237 g/mol. The van der Waals surface area contributed by atoms with E-state index < -0.39 is 12.3 Å². The Labute approximate surface area is 99.1 Å². The fourth-order valence-corrected chi connectivity index (χ4v) is 0.967. The molecule has 0 aromatic carbocycles. The first-order valence-corrected chi connectivity index (χ1v) is 4.97. The summed E-state index contributed by atoms with van der Waals surface area (Å²) >= 11 is 0. The van der Waals surface area contributed by atoms with Crippen LogP contribution in [0.3, 0.4) is 0 Å². The highest BCUT2D eigenvalue weighted by molar-refractivity contribution is 5.96. The maximum Gasteiger partial charge on any atom is 0.323 e. The molecular formula is C10H15N5O2. The van der Waals surface area contributed by atoms with Crippen molar-refractivity contribution in [2.75, 3.05) is 7.11 Å². The molecule has 0 saturated carbocycles. The molecule has 1 atom stereocenters. The summed E-state index contributed by atoms with van der Waals surface area (Å²) in [6.07, 6.45) is 1.18. The normalized spacial score (nSPS) is 12.9. The SMILES string of the molecule is COC(C)NC(=O)NC(N)=Nc1ccccn1. The molecule has 7 heteroatoms. The zero-order chi connectivity index (χ0) is 12.7. The van der Waals surface area contributed by atoms with Crippen molar-refractivity contribution in [2.45, 2.75) is 13.2 Å². The predicted octanol–water partition coefficient (Wildman–Crippen LogP) is 0.319. The van der Waals surface area contributed by atoms with Gasteiger partial charge in [0.1, 0.15) is 6.23 Å². The van der Waals surface area contributed by atoms with Gasteiger partial charge in [0.2, 0.25) is 5.96 Å². The topological polar surface area (TPSA) is 102 Å². The molecule has 17 heavy (non-hydrogen) atoms. The van der Waals surface area contributed by atoms with Crippen molar-refractivity contribution >= 4 is 17.8 Å². The smallest absolute Gasteiger partial charge is 0.323 e. The van der Waals surface area contributed by atoms with E-state index in [2.05, 4.69) is 20.6 Å². The number of nitrogens with one attached hydrogen (secondary N) is 2. The third-order valence-corrected chi connectivity index (χ3v) is 1.81. The van der Waals surface area contributed by atoms with Gasteiger partial charge < -0.3 is 15.8 Å². The number of nitrogens with zero attached hydrogens (tertiary/aromatic N) is 2. The van der Waals surface area contributed by atoms with Gasteiger partial charge in [-0.1, -0.05) is 6.07 Å². The second-order valence-corrected chi connectivity index (χ2v) is 3.16. The van der Waals surface area contributed by atoms with Crippen molar-refractivity contribution in [1.82, 2.24) is 15.6 Å². The largest absolute Gasteiger partial charge is 0.369 e. The van der Waals surface area contributed by atoms with Gasteiger partial charge in [0.05, 0.1) is 0 Å². The molecule has 0 spiro atoms. The van der Waals surface area contributed by atoms with Gasteiger partial charge in [-0.25, -0.2) is 9.78 Å². The van der Waals surface area contributed by atoms with Crippen LogP contribution in [0.1, 0.15) is 6.92 Å². The van der Waals surface area contributed by atoms with Crippen molar-refractivity contribution in [3.05, 3.63) is 24.4 Å². The fourth-order valence-electron chi connectivity index (χ4n) is 0.967. The number of urea groups is 1. The number of carbonyl (C=O) groups is 1. The van der Waals surface area contributed by atoms with Gasteiger partial charge in [0, 0.05) is 13.3 Å². The Morgan fingerprint density at radius 3 is 2.94 bits per heavy atom. The minimum absolute atomic E-state index is 0.0375. The lowest BCUT2D eigenvalue weighted by Gasteiger charge is -2.12. The number of nitrogens with two attached hydrogens (primary N) is 1. The number of aliphatic imine (C=N–C) groups is 1. The highest BCUT2D eigenvalue weighted by atomic mass is 16.5. The first-order valence-electron chi connectivity index (χ1n) is 4.97. The van der Waals surface area contributed by atoms with Crippen molar-refractivity contribution in [3.8, 4) is 0 Å². The van der Waals surface area contributed by atoms with Crippen LogP contribution in [0.4, 0.5) is 10.6 Å². The Morgan fingerprint density at radius 1 is 1.59 bits per heavy atom. The summed E-state index contributed by atoms with van der Waals surface area (Å²) in [5, 5.41) is 4.84. The summed E-state index contributed by atoms with van der Waals surface area (Å²) in [5.41, 5.74) is 5.52. The Kier molecular flexibility index (Phi) is 4.89. The molecule has 0 saturated heterocycles. The summed E-state index contributed by atoms with van der Waals surface area (Å²) in [6.45, 7) is 1.69. The van der Waals surface area contributed by atoms with Crippen LogP contribution >= 0.6 is 0 Å². The zero-order valence-electron chi connectivity index (χ0n) is 9.68. The van der Waals surface area contributed by atoms with Crippen LogP contribution in [0, 0.1) is 0 Å². The van der Waals surface area contributed by atoms with Crippen LogP contribution in [-0.4, -0.2) is 30.3 Å². The summed E-state index contributed by atoms with van der Waals surface area (Å²) in [6, 6.07) is 4.71. The number of amides is 2. The molecule has 0 bridgehead atoms. The molecule has 0 radical (unpaired) electrons. The van der Waals surface area contributed by atoms with E-state index in [1.165, 1.54) is 7.11 Å². The minimum atomic E-state index is -0.489. The fraction of sp³-hybridized carbons (Fsp3) is 0.300. The standard InChI is InChI=1S/C10H15N5O2/c1-7(17-2)13-10(16)15-9(11)14-8-5-3-4-6-12-8/h3-7H,1-2H3,(H4,11,12,13,14,15,16). The summed E-state index contributed by atoms with van der Waals surface area (Å²) < 4.78 is 4.86. The molecule has 1 rings (SSSR count). The van der Waals surface area contributed by atoms with Crippen LogP contribution < -0.4 is 16.4 Å². The number of hydrogen-bond acceptors (Lipinski definition) is 4. The monoisotopic (exact) mass is 237 g/mol. The van der Waals surface area contributed by atoms with Crippen molar-refractivity contribution in [2.24, 2.45) is 10.7 Å². The number of carbonyl (C=O) groups excluding carboxylic acids is 1. The average Bonchev–Trinajstić information content (AvgIpc) is 2.29. The summed E-state index contributed by atoms with van der Waals surface area (Å²) in [4.78, 5) is 19.2. The molecule has 0 aliphatic heterocycles. The molecule has 1 unspecified atom stereocenters. The quantitative estimate of drug-likeness (QED) is 0.400. The summed E-state index contributed by atoms with van der Waals surface area (Å²) in [7, 11) is 1.48. The van der Waals surface area contributed by atoms with Crippen LogP contribution in [0.5, 0.6) is 0 Å². The molecule has 1 heterocycles. The third-order valence-electron chi connectivity index (χ3n) is 1.81. The highest BCUT2D eigenvalue weighted by Crippen LogP contribution is 2.03. The van der Waals surface area contributed by atoms with E-state index in [0.717, 1.165) is 0 Å². The lowest BCUT2D eigenvalue weighted by Crippen LogP contribution is -2.46. The van der Waals surface area contributed by atoms with Crippen LogP contribution in [0.2, 0.25) is 0 Å². The van der Waals surface area contributed by atoms with Crippen LogP contribution in [-0.2, 0) is 4.74 Å². The van der Waals surface area contributed by atoms with Crippen molar-refractivity contribution < 1.29 is 9.53 Å². The second kappa shape index (κ2) is 6.44. The number of ether oxygens (including phenoxy) is 1. The minimum Gasteiger partial charge on any atom is -0.369 e. The maximum atomic E-state index is 11.3. The molecular weight excluding hydrogens is 222 g/mol. The molecule has 1 aromatic rings. The lowest BCUT2D eigenvalue weighted by molar-refractivity contribution is 0.0969. The molecule has 4 N–H and O–H groups in total. The number of rotatable bonds is 3.